The molecule has 0 aromatic carbocycles. The fraction of sp³-hybridized carbons (Fsp3) is 0.778. The van der Waals surface area contributed by atoms with Crippen LogP contribution in [0.15, 0.2) is 0 Å². The lowest BCUT2D eigenvalue weighted by Gasteiger charge is -2.29. The van der Waals surface area contributed by atoms with Crippen molar-refractivity contribution in [2.75, 3.05) is 0 Å². The van der Waals surface area contributed by atoms with E-state index >= 15 is 0 Å². The van der Waals surface area contributed by atoms with Gasteiger partial charge < -0.3 is 30.4 Å². The number of aldehydes is 1. The van der Waals surface area contributed by atoms with Gasteiger partial charge in [0.05, 0.1) is 6.04 Å². The van der Waals surface area contributed by atoms with Crippen molar-refractivity contribution in [3.63, 3.8) is 0 Å². The second-order valence-corrected chi connectivity index (χ2v) is 9.21. The third kappa shape index (κ3) is 13.5. The van der Waals surface area contributed by atoms with Crippen molar-refractivity contribution >= 4 is 24.4 Å². The van der Waals surface area contributed by atoms with Gasteiger partial charge in [0.25, 0.3) is 0 Å². The van der Waals surface area contributed by atoms with Gasteiger partial charge in [-0.1, -0.05) is 41.5 Å². The first-order valence-electron chi connectivity index (χ1n) is 8.48. The van der Waals surface area contributed by atoms with Crippen LogP contribution in [-0.2, 0) is 14.3 Å². The van der Waals surface area contributed by atoms with Crippen LogP contribution in [0.1, 0.15) is 62.3 Å². The van der Waals surface area contributed by atoms with Crippen LogP contribution in [-0.4, -0.2) is 52.3 Å². The second-order valence-electron chi connectivity index (χ2n) is 9.21. The minimum absolute atomic E-state index is 0.361. The first kappa shape index (κ1) is 26.9. The van der Waals surface area contributed by atoms with Crippen LogP contribution in [0.4, 0.5) is 9.59 Å². The average Bonchev–Trinajstić information content (AvgIpc) is 2.37. The lowest BCUT2D eigenvalue weighted by Crippen LogP contribution is -2.50. The monoisotopic (exact) mass is 390 g/mol. The van der Waals surface area contributed by atoms with Gasteiger partial charge in [-0.15, -0.1) is 0 Å². The quantitative estimate of drug-likeness (QED) is 0.541. The molecule has 0 aliphatic heterocycles. The van der Waals surface area contributed by atoms with Crippen LogP contribution < -0.4 is 10.6 Å². The van der Waals surface area contributed by atoms with Crippen molar-refractivity contribution in [3.8, 4) is 0 Å². The zero-order valence-electron chi connectivity index (χ0n) is 17.7. The standard InChI is InChI=1S/C11H21NO4.C7H13NO3/c1-10(2,3)7(8(13)14)12-9(15)16-11(4,5)6;1-7(2,3)5(4-9)8-6(10)11/h7H,1-6H3,(H,12,15)(H,13,14);4-5,8H,1-3H3,(H,10,11)/t7-;/m1./s1. The predicted octanol–water partition coefficient (Wildman–Crippen LogP) is 2.88. The van der Waals surface area contributed by atoms with Crippen LogP contribution >= 0.6 is 0 Å². The molecule has 2 amide bonds. The number of carbonyl (C=O) groups excluding carboxylic acids is 2. The Morgan fingerprint density at radius 3 is 1.48 bits per heavy atom. The molecule has 1 unspecified atom stereocenters. The number of carboxylic acid groups (broad SMARTS) is 2. The molecule has 0 aliphatic carbocycles. The van der Waals surface area contributed by atoms with E-state index in [9.17, 15) is 19.2 Å². The van der Waals surface area contributed by atoms with E-state index in [1.807, 2.05) is 0 Å². The second kappa shape index (κ2) is 10.1. The van der Waals surface area contributed by atoms with E-state index < -0.39 is 41.3 Å². The number of carboxylic acids is 1. The maximum absolute atomic E-state index is 11.4. The summed E-state index contributed by atoms with van der Waals surface area (Å²) in [5.41, 5.74) is -1.56. The summed E-state index contributed by atoms with van der Waals surface area (Å²) in [6.45, 7) is 15.8. The summed E-state index contributed by atoms with van der Waals surface area (Å²) < 4.78 is 5.00. The molecule has 9 nitrogen and oxygen atoms in total. The van der Waals surface area contributed by atoms with Crippen LogP contribution in [0, 0.1) is 10.8 Å². The Hall–Kier alpha value is -2.32. The summed E-state index contributed by atoms with van der Waals surface area (Å²) in [7, 11) is 0. The third-order valence-corrected chi connectivity index (χ3v) is 3.12. The van der Waals surface area contributed by atoms with Gasteiger partial charge in [-0.3, -0.25) is 0 Å². The number of ether oxygens (including phenoxy) is 1. The first-order chi connectivity index (χ1) is 11.8. The number of amides is 2. The summed E-state index contributed by atoms with van der Waals surface area (Å²) in [5, 5.41) is 21.8. The number of nitrogens with one attached hydrogen (secondary N) is 2. The molecular weight excluding hydrogens is 356 g/mol. The van der Waals surface area contributed by atoms with Crippen LogP contribution in [0.5, 0.6) is 0 Å². The number of hydrogen-bond donors (Lipinski definition) is 4. The normalized spacial score (nSPS) is 14.0. The Bertz CT molecular complexity index is 525. The Kier molecular flexibility index (Phi) is 10.1. The zero-order chi connectivity index (χ0) is 22.2. The van der Waals surface area contributed by atoms with E-state index in [0.717, 1.165) is 0 Å². The van der Waals surface area contributed by atoms with Gasteiger partial charge in [0.15, 0.2) is 0 Å². The Morgan fingerprint density at radius 1 is 0.852 bits per heavy atom. The maximum atomic E-state index is 11.4. The molecule has 0 heterocycles. The topological polar surface area (TPSA) is 142 Å². The largest absolute Gasteiger partial charge is 0.480 e. The van der Waals surface area contributed by atoms with Gasteiger partial charge >= 0.3 is 18.2 Å². The number of aliphatic carboxylic acids is 1. The molecule has 0 spiro atoms. The number of carbonyl (C=O) groups is 4. The van der Waals surface area contributed by atoms with E-state index in [4.69, 9.17) is 14.9 Å². The molecule has 27 heavy (non-hydrogen) atoms. The molecule has 0 aromatic rings. The fourth-order valence-corrected chi connectivity index (χ4v) is 1.66. The molecular formula is C18H34N2O7. The Balaban J connectivity index is 0. The van der Waals surface area contributed by atoms with Gasteiger partial charge in [-0.05, 0) is 31.6 Å². The highest BCUT2D eigenvalue weighted by Crippen LogP contribution is 2.20. The summed E-state index contributed by atoms with van der Waals surface area (Å²) >= 11 is 0. The number of rotatable bonds is 4. The minimum atomic E-state index is -1.17. The summed E-state index contributed by atoms with van der Waals surface area (Å²) in [4.78, 5) is 42.9. The summed E-state index contributed by atoms with van der Waals surface area (Å²) in [5.74, 6) is -1.07. The molecule has 158 valence electrons. The van der Waals surface area contributed by atoms with Crippen LogP contribution in [0.25, 0.3) is 0 Å². The van der Waals surface area contributed by atoms with Crippen molar-refractivity contribution in [2.24, 2.45) is 10.8 Å². The van der Waals surface area contributed by atoms with Gasteiger partial charge in [-0.25, -0.2) is 14.4 Å². The van der Waals surface area contributed by atoms with Gasteiger partial charge in [0, 0.05) is 0 Å². The highest BCUT2D eigenvalue weighted by molar-refractivity contribution is 5.80. The summed E-state index contributed by atoms with van der Waals surface area (Å²) in [6.07, 6.45) is -1.28. The molecule has 9 heteroatoms. The van der Waals surface area contributed by atoms with Crippen LogP contribution in [0.3, 0.4) is 0 Å². The number of hydrogen-bond acceptors (Lipinski definition) is 5. The number of alkyl carbamates (subject to hydrolysis) is 1. The smallest absolute Gasteiger partial charge is 0.408 e. The molecule has 0 saturated carbocycles. The highest BCUT2D eigenvalue weighted by atomic mass is 16.6. The molecule has 0 aromatic heterocycles. The van der Waals surface area contributed by atoms with Crippen molar-refractivity contribution in [3.05, 3.63) is 0 Å². The predicted molar refractivity (Wildman–Crippen MR) is 101 cm³/mol. The van der Waals surface area contributed by atoms with E-state index in [1.54, 1.807) is 62.3 Å². The van der Waals surface area contributed by atoms with Gasteiger partial charge in [0.2, 0.25) is 0 Å². The zero-order valence-corrected chi connectivity index (χ0v) is 17.7. The lowest BCUT2D eigenvalue weighted by molar-refractivity contribution is -0.142. The van der Waals surface area contributed by atoms with E-state index in [0.29, 0.717) is 6.29 Å². The van der Waals surface area contributed by atoms with Gasteiger partial charge in [-0.2, -0.15) is 0 Å². The first-order valence-corrected chi connectivity index (χ1v) is 8.48. The SMILES string of the molecule is CC(C)(C)C(C=O)NC(=O)O.CC(C)(C)OC(=O)N[C@H](C(=O)O)C(C)(C)C. The highest BCUT2D eigenvalue weighted by Gasteiger charge is 2.33. The van der Waals surface area contributed by atoms with Crippen molar-refractivity contribution < 1.29 is 34.1 Å². The van der Waals surface area contributed by atoms with E-state index in [2.05, 4.69) is 10.6 Å². The van der Waals surface area contributed by atoms with Crippen molar-refractivity contribution in [1.82, 2.24) is 10.6 Å². The molecule has 0 radical (unpaired) electrons. The minimum Gasteiger partial charge on any atom is -0.480 e. The molecule has 0 aliphatic rings. The van der Waals surface area contributed by atoms with Crippen molar-refractivity contribution in [1.29, 1.82) is 0 Å². The molecule has 0 rings (SSSR count). The average molecular weight is 390 g/mol. The maximum Gasteiger partial charge on any atom is 0.408 e. The Morgan fingerprint density at radius 2 is 1.30 bits per heavy atom. The molecule has 0 saturated heterocycles. The molecule has 0 bridgehead atoms. The fourth-order valence-electron chi connectivity index (χ4n) is 1.66. The third-order valence-electron chi connectivity index (χ3n) is 3.12. The summed E-state index contributed by atoms with van der Waals surface area (Å²) in [6, 6.07) is -1.61. The molecule has 0 fully saturated rings. The lowest BCUT2D eigenvalue weighted by atomic mass is 9.87. The van der Waals surface area contributed by atoms with E-state index in [-0.39, 0.29) is 5.41 Å². The van der Waals surface area contributed by atoms with Gasteiger partial charge in [0.1, 0.15) is 17.9 Å². The Labute approximate surface area is 160 Å². The van der Waals surface area contributed by atoms with Crippen LogP contribution in [0.2, 0.25) is 0 Å². The van der Waals surface area contributed by atoms with E-state index in [1.165, 1.54) is 0 Å². The van der Waals surface area contributed by atoms with Crippen molar-refractivity contribution in [2.45, 2.75) is 80.0 Å². The molecule has 4 N–H and O–H groups in total. The molecule has 2 atom stereocenters.